The number of nitrogens with one attached hydrogen (secondary N) is 1. The molecule has 0 aromatic heterocycles. The van der Waals surface area contributed by atoms with Gasteiger partial charge in [0.05, 0.1) is 12.7 Å². The standard InChI is InChI=1S/C26H35NO5/c1-16-11-17(2)26(14-30-25(28)27-20-7-5-4-6-8-20)13-29-24(23(16)18(26)3)19-9-10-21-22(12-19)32-15-31-21/h9-12,17-18,20,23-24H,4-8,13-15H2,1-3H3,(H,27,28)/t17-,18-,23+,24-,26-/m0/s1. The lowest BCUT2D eigenvalue weighted by Gasteiger charge is -2.55. The van der Waals surface area contributed by atoms with E-state index in [0.29, 0.717) is 19.1 Å². The van der Waals surface area contributed by atoms with Gasteiger partial charge >= 0.3 is 6.09 Å². The SMILES string of the molecule is CC1=C[C@H](C)[C@@]2(COC(=O)NC3CCCCC3)CO[C@@H](c3ccc4c(c3)OCO4)[C@H]1[C@@H]2C. The molecule has 1 amide bonds. The number of allylic oxidation sites excluding steroid dienone is 1. The van der Waals surface area contributed by atoms with Crippen LogP contribution in [0.1, 0.15) is 64.5 Å². The maximum absolute atomic E-state index is 12.6. The Morgan fingerprint density at radius 2 is 1.94 bits per heavy atom. The molecule has 1 N–H and O–H groups in total. The van der Waals surface area contributed by atoms with Crippen LogP contribution in [0.4, 0.5) is 4.79 Å². The predicted molar refractivity (Wildman–Crippen MR) is 121 cm³/mol. The Hall–Kier alpha value is -2.21. The summed E-state index contributed by atoms with van der Waals surface area (Å²) < 4.78 is 23.5. The summed E-state index contributed by atoms with van der Waals surface area (Å²) in [5, 5.41) is 3.08. The minimum absolute atomic E-state index is 0.0487. The van der Waals surface area contributed by atoms with E-state index in [2.05, 4.69) is 38.2 Å². The minimum atomic E-state index is -0.286. The van der Waals surface area contributed by atoms with Crippen LogP contribution >= 0.6 is 0 Å². The molecular formula is C26H35NO5. The molecule has 1 aromatic carbocycles. The topological polar surface area (TPSA) is 66.0 Å². The average molecular weight is 442 g/mol. The van der Waals surface area contributed by atoms with Gasteiger partial charge in [-0.2, -0.15) is 0 Å². The number of rotatable bonds is 4. The summed E-state index contributed by atoms with van der Waals surface area (Å²) in [7, 11) is 0. The maximum atomic E-state index is 12.6. The summed E-state index contributed by atoms with van der Waals surface area (Å²) in [6.45, 7) is 7.93. The van der Waals surface area contributed by atoms with Crippen LogP contribution in [0.3, 0.4) is 0 Å². The summed E-state index contributed by atoms with van der Waals surface area (Å²) in [5.41, 5.74) is 2.23. The predicted octanol–water partition coefficient (Wildman–Crippen LogP) is 5.38. The van der Waals surface area contributed by atoms with Gasteiger partial charge in [-0.1, -0.05) is 50.8 Å². The van der Waals surface area contributed by atoms with Crippen molar-refractivity contribution in [2.75, 3.05) is 20.0 Å². The highest BCUT2D eigenvalue weighted by Crippen LogP contribution is 2.56. The van der Waals surface area contributed by atoms with Crippen LogP contribution in [0.15, 0.2) is 29.8 Å². The monoisotopic (exact) mass is 441 g/mol. The Balaban J connectivity index is 1.32. The molecule has 2 aliphatic heterocycles. The van der Waals surface area contributed by atoms with E-state index in [-0.39, 0.29) is 42.3 Å². The van der Waals surface area contributed by atoms with Crippen molar-refractivity contribution in [3.05, 3.63) is 35.4 Å². The lowest BCUT2D eigenvalue weighted by Crippen LogP contribution is -2.55. The van der Waals surface area contributed by atoms with Gasteiger partial charge in [0.25, 0.3) is 0 Å². The van der Waals surface area contributed by atoms with E-state index in [1.807, 2.05) is 12.1 Å². The van der Waals surface area contributed by atoms with E-state index in [0.717, 1.165) is 29.9 Å². The van der Waals surface area contributed by atoms with Crippen LogP contribution in [-0.2, 0) is 9.47 Å². The Morgan fingerprint density at radius 1 is 1.16 bits per heavy atom. The fourth-order valence-corrected chi connectivity index (χ4v) is 6.30. The molecule has 32 heavy (non-hydrogen) atoms. The van der Waals surface area contributed by atoms with Gasteiger partial charge in [-0.05, 0) is 49.3 Å². The molecule has 0 radical (unpaired) electrons. The quantitative estimate of drug-likeness (QED) is 0.636. The number of fused-ring (bicyclic) bond motifs is 3. The maximum Gasteiger partial charge on any atom is 0.407 e. The van der Waals surface area contributed by atoms with Crippen LogP contribution < -0.4 is 14.8 Å². The number of carbonyl (C=O) groups excluding carboxylic acids is 1. The molecule has 2 aliphatic carbocycles. The Labute approximate surface area is 190 Å². The van der Waals surface area contributed by atoms with Crippen molar-refractivity contribution in [1.82, 2.24) is 5.32 Å². The molecule has 5 atom stereocenters. The summed E-state index contributed by atoms with van der Waals surface area (Å²) in [4.78, 5) is 12.6. The molecule has 0 unspecified atom stereocenters. The zero-order valence-corrected chi connectivity index (χ0v) is 19.4. The van der Waals surface area contributed by atoms with Gasteiger partial charge in [0, 0.05) is 17.4 Å². The third-order valence-electron chi connectivity index (χ3n) is 8.37. The van der Waals surface area contributed by atoms with Gasteiger partial charge in [-0.15, -0.1) is 0 Å². The second kappa shape index (κ2) is 8.62. The average Bonchev–Trinajstić information content (AvgIpc) is 3.25. The fourth-order valence-electron chi connectivity index (χ4n) is 6.30. The van der Waals surface area contributed by atoms with E-state index in [4.69, 9.17) is 18.9 Å². The number of hydrogen-bond acceptors (Lipinski definition) is 5. The molecule has 1 saturated carbocycles. The zero-order valence-electron chi connectivity index (χ0n) is 19.4. The van der Waals surface area contributed by atoms with Crippen LogP contribution in [-0.4, -0.2) is 32.1 Å². The Bertz CT molecular complexity index is 892. The van der Waals surface area contributed by atoms with Gasteiger partial charge in [0.15, 0.2) is 11.5 Å². The van der Waals surface area contributed by atoms with E-state index in [9.17, 15) is 4.79 Å². The largest absolute Gasteiger partial charge is 0.454 e. The highest BCUT2D eigenvalue weighted by molar-refractivity contribution is 5.67. The summed E-state index contributed by atoms with van der Waals surface area (Å²) in [5.74, 6) is 2.38. The molecule has 2 fully saturated rings. The first-order chi connectivity index (χ1) is 15.5. The minimum Gasteiger partial charge on any atom is -0.454 e. The molecule has 1 saturated heterocycles. The van der Waals surface area contributed by atoms with Crippen molar-refractivity contribution in [3.63, 3.8) is 0 Å². The second-order valence-corrected chi connectivity index (χ2v) is 10.1. The van der Waals surface area contributed by atoms with Gasteiger partial charge in [0.2, 0.25) is 6.79 Å². The number of benzene rings is 1. The molecular weight excluding hydrogens is 406 g/mol. The van der Waals surface area contributed by atoms with Gasteiger partial charge in [-0.3, -0.25) is 0 Å². The smallest absolute Gasteiger partial charge is 0.407 e. The summed E-state index contributed by atoms with van der Waals surface area (Å²) >= 11 is 0. The first-order valence-corrected chi connectivity index (χ1v) is 12.1. The molecule has 5 rings (SSSR count). The molecule has 6 heteroatoms. The van der Waals surface area contributed by atoms with Gasteiger partial charge in [0.1, 0.15) is 6.61 Å². The normalized spacial score (nSPS) is 34.0. The van der Waals surface area contributed by atoms with Crippen molar-refractivity contribution >= 4 is 6.09 Å². The van der Waals surface area contributed by atoms with Crippen molar-refractivity contribution in [1.29, 1.82) is 0 Å². The van der Waals surface area contributed by atoms with Crippen LogP contribution in [0.2, 0.25) is 0 Å². The first kappa shape index (κ1) is 21.6. The lowest BCUT2D eigenvalue weighted by molar-refractivity contribution is -0.165. The Morgan fingerprint density at radius 3 is 2.75 bits per heavy atom. The molecule has 174 valence electrons. The lowest BCUT2D eigenvalue weighted by atomic mass is 9.56. The molecule has 6 nitrogen and oxygen atoms in total. The second-order valence-electron chi connectivity index (χ2n) is 10.1. The number of carbonyl (C=O) groups is 1. The van der Waals surface area contributed by atoms with Crippen molar-refractivity contribution in [2.24, 2.45) is 23.2 Å². The van der Waals surface area contributed by atoms with Crippen molar-refractivity contribution in [2.45, 2.75) is 65.0 Å². The first-order valence-electron chi connectivity index (χ1n) is 12.1. The summed E-state index contributed by atoms with van der Waals surface area (Å²) in [6.07, 6.45) is 7.76. The molecule has 0 spiro atoms. The fraction of sp³-hybridized carbons (Fsp3) is 0.654. The molecule has 2 bridgehead atoms. The molecule has 1 aromatic rings. The van der Waals surface area contributed by atoms with Crippen molar-refractivity contribution < 1.29 is 23.7 Å². The molecule has 4 aliphatic rings. The number of amides is 1. The van der Waals surface area contributed by atoms with Gasteiger partial charge in [-0.25, -0.2) is 4.79 Å². The van der Waals surface area contributed by atoms with E-state index < -0.39 is 0 Å². The van der Waals surface area contributed by atoms with Crippen LogP contribution in [0.25, 0.3) is 0 Å². The van der Waals surface area contributed by atoms with E-state index in [1.165, 1.54) is 24.8 Å². The van der Waals surface area contributed by atoms with E-state index >= 15 is 0 Å². The third-order valence-corrected chi connectivity index (χ3v) is 8.37. The highest BCUT2D eigenvalue weighted by atomic mass is 16.7. The van der Waals surface area contributed by atoms with Gasteiger partial charge < -0.3 is 24.3 Å². The third kappa shape index (κ3) is 3.76. The molecule has 2 heterocycles. The van der Waals surface area contributed by atoms with Crippen molar-refractivity contribution in [3.8, 4) is 11.5 Å². The summed E-state index contributed by atoms with van der Waals surface area (Å²) in [6, 6.07) is 6.35. The Kier molecular flexibility index (Phi) is 5.82. The zero-order chi connectivity index (χ0) is 22.3. The van der Waals surface area contributed by atoms with Crippen LogP contribution in [0.5, 0.6) is 11.5 Å². The highest BCUT2D eigenvalue weighted by Gasteiger charge is 2.54. The van der Waals surface area contributed by atoms with E-state index in [1.54, 1.807) is 0 Å². The number of ether oxygens (including phenoxy) is 4. The number of alkyl carbamates (subject to hydrolysis) is 1. The number of hydrogen-bond donors (Lipinski definition) is 1. The van der Waals surface area contributed by atoms with Crippen LogP contribution in [0, 0.1) is 23.2 Å².